The van der Waals surface area contributed by atoms with E-state index in [1.54, 1.807) is 36.0 Å². The van der Waals surface area contributed by atoms with Crippen LogP contribution in [0.25, 0.3) is 28.0 Å². The Hall–Kier alpha value is -3.69. The summed E-state index contributed by atoms with van der Waals surface area (Å²) in [6, 6.07) is 15.7. The van der Waals surface area contributed by atoms with Crippen LogP contribution in [0, 0.1) is 18.3 Å². The highest BCUT2D eigenvalue weighted by molar-refractivity contribution is 5.91. The molecule has 2 aromatic carbocycles. The van der Waals surface area contributed by atoms with Crippen LogP contribution >= 0.6 is 0 Å². The molecule has 0 spiro atoms. The standard InChI is InChI=1S/C22H18N4O2/c1-14-3-8-18(17(11-14)13-27)19-20(16-6-4-15(12-23)5-7-16)25-22(28-2)26-10-9-24-21(19)26/h3-11,27H,13H2,1-2H3. The van der Waals surface area contributed by atoms with Crippen molar-refractivity contribution in [3.63, 3.8) is 0 Å². The molecule has 0 bridgehead atoms. The molecule has 0 atom stereocenters. The summed E-state index contributed by atoms with van der Waals surface area (Å²) in [7, 11) is 1.56. The number of hydrogen-bond acceptors (Lipinski definition) is 5. The van der Waals surface area contributed by atoms with Crippen molar-refractivity contribution in [2.75, 3.05) is 7.11 Å². The van der Waals surface area contributed by atoms with Crippen molar-refractivity contribution >= 4 is 5.65 Å². The number of aromatic nitrogens is 3. The van der Waals surface area contributed by atoms with Crippen LogP contribution in [-0.2, 0) is 6.61 Å². The van der Waals surface area contributed by atoms with Gasteiger partial charge in [-0.05, 0) is 30.2 Å². The molecule has 2 heterocycles. The molecule has 0 unspecified atom stereocenters. The maximum atomic E-state index is 9.95. The average Bonchev–Trinajstić information content (AvgIpc) is 3.22. The maximum Gasteiger partial charge on any atom is 0.302 e. The Balaban J connectivity index is 2.09. The van der Waals surface area contributed by atoms with Gasteiger partial charge in [0.05, 0.1) is 36.6 Å². The van der Waals surface area contributed by atoms with Crippen molar-refractivity contribution in [2.45, 2.75) is 13.5 Å². The number of aryl methyl sites for hydroxylation is 1. The highest BCUT2D eigenvalue weighted by Gasteiger charge is 2.20. The van der Waals surface area contributed by atoms with Crippen LogP contribution in [0.15, 0.2) is 54.9 Å². The topological polar surface area (TPSA) is 83.4 Å². The minimum atomic E-state index is -0.0945. The molecule has 28 heavy (non-hydrogen) atoms. The van der Waals surface area contributed by atoms with Crippen molar-refractivity contribution in [3.8, 4) is 34.5 Å². The van der Waals surface area contributed by atoms with Gasteiger partial charge in [-0.25, -0.2) is 4.98 Å². The number of aliphatic hydroxyl groups excluding tert-OH is 1. The number of fused-ring (bicyclic) bond motifs is 1. The van der Waals surface area contributed by atoms with E-state index < -0.39 is 0 Å². The second kappa shape index (κ2) is 7.14. The quantitative estimate of drug-likeness (QED) is 0.592. The van der Waals surface area contributed by atoms with Gasteiger partial charge in [0.2, 0.25) is 0 Å². The Bertz CT molecular complexity index is 1200. The van der Waals surface area contributed by atoms with Gasteiger partial charge in [0.1, 0.15) is 0 Å². The number of ether oxygens (including phenoxy) is 1. The van der Waals surface area contributed by atoms with Crippen LogP contribution in [0.4, 0.5) is 0 Å². The number of imidazole rings is 1. The summed E-state index contributed by atoms with van der Waals surface area (Å²) in [4.78, 5) is 9.26. The molecule has 0 saturated carbocycles. The van der Waals surface area contributed by atoms with Gasteiger partial charge in [-0.3, -0.25) is 4.40 Å². The van der Waals surface area contributed by atoms with Gasteiger partial charge < -0.3 is 9.84 Å². The smallest absolute Gasteiger partial charge is 0.302 e. The number of benzene rings is 2. The van der Waals surface area contributed by atoms with Gasteiger partial charge in [0, 0.05) is 18.0 Å². The summed E-state index contributed by atoms with van der Waals surface area (Å²) in [6.07, 6.45) is 3.48. The number of rotatable bonds is 4. The van der Waals surface area contributed by atoms with Crippen molar-refractivity contribution < 1.29 is 9.84 Å². The number of nitrogens with zero attached hydrogens (tertiary/aromatic N) is 4. The predicted molar refractivity (Wildman–Crippen MR) is 106 cm³/mol. The van der Waals surface area contributed by atoms with Gasteiger partial charge in [0.15, 0.2) is 5.65 Å². The third-order valence-electron chi connectivity index (χ3n) is 4.69. The summed E-state index contributed by atoms with van der Waals surface area (Å²) in [5, 5.41) is 19.0. The third-order valence-corrected chi connectivity index (χ3v) is 4.69. The van der Waals surface area contributed by atoms with Crippen LogP contribution in [0.5, 0.6) is 6.01 Å². The van der Waals surface area contributed by atoms with E-state index in [0.717, 1.165) is 27.8 Å². The van der Waals surface area contributed by atoms with E-state index in [1.807, 2.05) is 37.3 Å². The van der Waals surface area contributed by atoms with Crippen LogP contribution in [0.1, 0.15) is 16.7 Å². The van der Waals surface area contributed by atoms with Gasteiger partial charge in [0.25, 0.3) is 0 Å². The Morgan fingerprint density at radius 2 is 1.96 bits per heavy atom. The first-order valence-electron chi connectivity index (χ1n) is 8.78. The monoisotopic (exact) mass is 370 g/mol. The van der Waals surface area contributed by atoms with E-state index in [9.17, 15) is 5.11 Å². The predicted octanol–water partition coefficient (Wildman–Crippen LogP) is 3.74. The fourth-order valence-corrected chi connectivity index (χ4v) is 3.35. The molecule has 0 aliphatic carbocycles. The molecule has 4 aromatic rings. The molecule has 6 nitrogen and oxygen atoms in total. The van der Waals surface area contributed by atoms with E-state index in [4.69, 9.17) is 15.0 Å². The lowest BCUT2D eigenvalue weighted by Crippen LogP contribution is -2.03. The number of aliphatic hydroxyl groups is 1. The van der Waals surface area contributed by atoms with Gasteiger partial charge in [-0.1, -0.05) is 35.9 Å². The van der Waals surface area contributed by atoms with E-state index in [0.29, 0.717) is 22.9 Å². The second-order valence-electron chi connectivity index (χ2n) is 6.45. The minimum absolute atomic E-state index is 0.0945. The first kappa shape index (κ1) is 17.7. The van der Waals surface area contributed by atoms with E-state index in [2.05, 4.69) is 11.1 Å². The molecular weight excluding hydrogens is 352 g/mol. The van der Waals surface area contributed by atoms with Crippen LogP contribution < -0.4 is 4.74 Å². The van der Waals surface area contributed by atoms with E-state index in [1.165, 1.54) is 0 Å². The summed E-state index contributed by atoms with van der Waals surface area (Å²) in [6.45, 7) is 1.89. The van der Waals surface area contributed by atoms with Crippen molar-refractivity contribution in [2.24, 2.45) is 0 Å². The van der Waals surface area contributed by atoms with Gasteiger partial charge in [-0.15, -0.1) is 0 Å². The highest BCUT2D eigenvalue weighted by Crippen LogP contribution is 2.37. The van der Waals surface area contributed by atoms with E-state index >= 15 is 0 Å². The molecule has 0 saturated heterocycles. The number of methoxy groups -OCH3 is 1. The highest BCUT2D eigenvalue weighted by atomic mass is 16.5. The first-order valence-corrected chi connectivity index (χ1v) is 8.78. The van der Waals surface area contributed by atoms with Crippen molar-refractivity contribution in [3.05, 3.63) is 71.5 Å². The number of nitriles is 1. The zero-order chi connectivity index (χ0) is 19.7. The largest absolute Gasteiger partial charge is 0.468 e. The Morgan fingerprint density at radius 3 is 2.64 bits per heavy atom. The Kier molecular flexibility index (Phi) is 4.52. The van der Waals surface area contributed by atoms with Crippen LogP contribution in [0.2, 0.25) is 0 Å². The molecule has 2 aromatic heterocycles. The average molecular weight is 370 g/mol. The third kappa shape index (κ3) is 2.88. The summed E-state index contributed by atoms with van der Waals surface area (Å²) >= 11 is 0. The summed E-state index contributed by atoms with van der Waals surface area (Å²) in [5.41, 5.74) is 6.30. The van der Waals surface area contributed by atoms with Gasteiger partial charge >= 0.3 is 6.01 Å². The molecule has 0 radical (unpaired) electrons. The molecule has 138 valence electrons. The lowest BCUT2D eigenvalue weighted by Gasteiger charge is -2.16. The summed E-state index contributed by atoms with van der Waals surface area (Å²) in [5.74, 6) is 0. The van der Waals surface area contributed by atoms with E-state index in [-0.39, 0.29) is 6.61 Å². The lowest BCUT2D eigenvalue weighted by atomic mass is 9.94. The first-order chi connectivity index (χ1) is 13.7. The lowest BCUT2D eigenvalue weighted by molar-refractivity contribution is 0.282. The van der Waals surface area contributed by atoms with Gasteiger partial charge in [-0.2, -0.15) is 10.2 Å². The maximum absolute atomic E-state index is 9.95. The Labute approximate surface area is 162 Å². The fraction of sp³-hybridized carbons (Fsp3) is 0.136. The second-order valence-corrected chi connectivity index (χ2v) is 6.45. The molecule has 0 fully saturated rings. The number of hydrogen-bond donors (Lipinski definition) is 1. The molecule has 0 aliphatic rings. The molecule has 0 amide bonds. The molecule has 4 rings (SSSR count). The van der Waals surface area contributed by atoms with Crippen LogP contribution in [-0.4, -0.2) is 26.6 Å². The normalized spacial score (nSPS) is 10.8. The Morgan fingerprint density at radius 1 is 1.18 bits per heavy atom. The van der Waals surface area contributed by atoms with Crippen molar-refractivity contribution in [1.82, 2.24) is 14.4 Å². The minimum Gasteiger partial charge on any atom is -0.468 e. The zero-order valence-corrected chi connectivity index (χ0v) is 15.5. The molecule has 6 heteroatoms. The molecular formula is C22H18N4O2. The SMILES string of the molecule is COc1nc(-c2ccc(C#N)cc2)c(-c2ccc(C)cc2CO)c2nccn12. The fourth-order valence-electron chi connectivity index (χ4n) is 3.35. The van der Waals surface area contributed by atoms with Crippen LogP contribution in [0.3, 0.4) is 0 Å². The summed E-state index contributed by atoms with van der Waals surface area (Å²) < 4.78 is 7.25. The molecule has 1 N–H and O–H groups in total. The van der Waals surface area contributed by atoms with Crippen molar-refractivity contribution in [1.29, 1.82) is 5.26 Å². The zero-order valence-electron chi connectivity index (χ0n) is 15.5. The molecule has 0 aliphatic heterocycles.